The van der Waals surface area contributed by atoms with Crippen LogP contribution in [-0.4, -0.2) is 49.6 Å². The van der Waals surface area contributed by atoms with E-state index >= 15 is 0 Å². The van der Waals surface area contributed by atoms with Gasteiger partial charge in [-0.05, 0) is 45.1 Å². The predicted molar refractivity (Wildman–Crippen MR) is 95.9 cm³/mol. The fourth-order valence-electron chi connectivity index (χ4n) is 4.17. The Kier molecular flexibility index (Phi) is 4.91. The molecular formula is C17H28N4O4S. The summed E-state index contributed by atoms with van der Waals surface area (Å²) < 4.78 is 33.7. The normalized spacial score (nSPS) is 25.8. The van der Waals surface area contributed by atoms with Crippen molar-refractivity contribution < 1.29 is 17.7 Å². The van der Waals surface area contributed by atoms with Crippen molar-refractivity contribution in [3.63, 3.8) is 0 Å². The fraction of sp³-hybridized carbons (Fsp3) is 0.765. The zero-order valence-electron chi connectivity index (χ0n) is 15.7. The van der Waals surface area contributed by atoms with Gasteiger partial charge in [0, 0.05) is 13.1 Å². The highest BCUT2D eigenvalue weighted by molar-refractivity contribution is 7.89. The van der Waals surface area contributed by atoms with Gasteiger partial charge in [0.25, 0.3) is 0 Å². The van der Waals surface area contributed by atoms with Crippen LogP contribution in [0.1, 0.15) is 50.5 Å². The Morgan fingerprint density at radius 2 is 1.96 bits per heavy atom. The molecule has 146 valence electrons. The average molecular weight is 385 g/mol. The molecule has 26 heavy (non-hydrogen) atoms. The zero-order chi connectivity index (χ0) is 19.2. The van der Waals surface area contributed by atoms with Crippen LogP contribution in [0.3, 0.4) is 0 Å². The van der Waals surface area contributed by atoms with Gasteiger partial charge in [-0.15, -0.1) is 0 Å². The third-order valence-electron chi connectivity index (χ3n) is 5.77. The van der Waals surface area contributed by atoms with Crippen molar-refractivity contribution in [2.75, 3.05) is 19.6 Å². The summed E-state index contributed by atoms with van der Waals surface area (Å²) in [6.45, 7) is 6.90. The molecule has 2 fully saturated rings. The van der Waals surface area contributed by atoms with Crippen LogP contribution in [0.5, 0.6) is 0 Å². The molecule has 1 atom stereocenters. The van der Waals surface area contributed by atoms with Crippen LogP contribution >= 0.6 is 0 Å². The van der Waals surface area contributed by atoms with Gasteiger partial charge in [-0.1, -0.05) is 24.9 Å². The molecule has 1 aliphatic carbocycles. The number of nitrogens with zero attached hydrogens (tertiary/aromatic N) is 2. The van der Waals surface area contributed by atoms with Crippen LogP contribution in [-0.2, 0) is 14.8 Å². The molecule has 0 bridgehead atoms. The third kappa shape index (κ3) is 3.27. The molecular weight excluding hydrogens is 356 g/mol. The predicted octanol–water partition coefficient (Wildman–Crippen LogP) is 1.08. The van der Waals surface area contributed by atoms with Crippen molar-refractivity contribution in [2.24, 2.45) is 11.1 Å². The number of amides is 1. The molecule has 0 spiro atoms. The monoisotopic (exact) mass is 384 g/mol. The summed E-state index contributed by atoms with van der Waals surface area (Å²) in [7, 11) is -3.91. The van der Waals surface area contributed by atoms with E-state index in [1.54, 1.807) is 18.7 Å². The van der Waals surface area contributed by atoms with Crippen LogP contribution in [0.4, 0.5) is 0 Å². The van der Waals surface area contributed by atoms with E-state index in [2.05, 4.69) is 16.8 Å². The molecule has 1 aromatic rings. The number of sulfonamides is 1. The lowest BCUT2D eigenvalue weighted by molar-refractivity contribution is -0.136. The maximum Gasteiger partial charge on any atom is 0.246 e. The fourth-order valence-corrected chi connectivity index (χ4v) is 5.92. The summed E-state index contributed by atoms with van der Waals surface area (Å²) in [5, 5.41) is 3.73. The first kappa shape index (κ1) is 19.3. The highest BCUT2D eigenvalue weighted by Crippen LogP contribution is 2.37. The van der Waals surface area contributed by atoms with E-state index in [4.69, 9.17) is 10.3 Å². The van der Waals surface area contributed by atoms with Crippen molar-refractivity contribution in [2.45, 2.75) is 63.3 Å². The van der Waals surface area contributed by atoms with E-state index < -0.39 is 15.6 Å². The molecule has 1 saturated heterocycles. The number of carbonyl (C=O) groups is 1. The molecule has 1 aromatic heterocycles. The number of aromatic nitrogens is 1. The Bertz CT molecular complexity index is 778. The Balaban J connectivity index is 1.88. The van der Waals surface area contributed by atoms with E-state index in [0.29, 0.717) is 38.2 Å². The minimum Gasteiger partial charge on any atom is -0.360 e. The van der Waals surface area contributed by atoms with E-state index in [1.807, 2.05) is 0 Å². The van der Waals surface area contributed by atoms with Crippen molar-refractivity contribution in [3.05, 3.63) is 11.5 Å². The molecule has 1 saturated carbocycles. The highest BCUT2D eigenvalue weighted by Gasteiger charge is 2.49. The number of nitrogens with one attached hydrogen (secondary N) is 1. The van der Waals surface area contributed by atoms with E-state index in [1.165, 1.54) is 0 Å². The quantitative estimate of drug-likeness (QED) is 0.784. The van der Waals surface area contributed by atoms with Crippen molar-refractivity contribution in [3.8, 4) is 0 Å². The molecule has 0 radical (unpaired) electrons. The first-order chi connectivity index (χ1) is 12.1. The second-order valence-corrected chi connectivity index (χ2v) is 9.66. The van der Waals surface area contributed by atoms with Crippen molar-refractivity contribution in [1.82, 2.24) is 14.8 Å². The number of rotatable bonds is 5. The summed E-state index contributed by atoms with van der Waals surface area (Å²) in [6.07, 6.45) is 3.48. The first-order valence-corrected chi connectivity index (χ1v) is 10.6. The summed E-state index contributed by atoms with van der Waals surface area (Å²) in [5.74, 6) is 0.0926. The van der Waals surface area contributed by atoms with Gasteiger partial charge < -0.3 is 15.2 Å². The van der Waals surface area contributed by atoms with Gasteiger partial charge >= 0.3 is 0 Å². The van der Waals surface area contributed by atoms with Gasteiger partial charge in [-0.25, -0.2) is 8.42 Å². The lowest BCUT2D eigenvalue weighted by atomic mass is 9.90. The molecule has 3 N–H and O–H groups in total. The molecule has 8 nitrogen and oxygen atoms in total. The summed E-state index contributed by atoms with van der Waals surface area (Å²) in [4.78, 5) is 15.1. The number of nitrogens with two attached hydrogens (primary N) is 1. The average Bonchev–Trinajstić information content (AvgIpc) is 3.27. The maximum absolute atomic E-state index is 13.3. The molecule has 3 rings (SSSR count). The largest absolute Gasteiger partial charge is 0.360 e. The summed E-state index contributed by atoms with van der Waals surface area (Å²) in [5.41, 5.74) is 4.96. The number of hydrogen-bond acceptors (Lipinski definition) is 6. The van der Waals surface area contributed by atoms with Crippen molar-refractivity contribution in [1.29, 1.82) is 0 Å². The SMILES string of the molecule is Cc1noc(C)c1S(=O)(=O)NC1(C(=O)N2CCC(C)(CN)C2)CCCC1. The topological polar surface area (TPSA) is 119 Å². The first-order valence-electron chi connectivity index (χ1n) is 9.09. The van der Waals surface area contributed by atoms with Gasteiger partial charge in [0.1, 0.15) is 16.1 Å². The Labute approximate surface area is 154 Å². The molecule has 2 aliphatic rings. The van der Waals surface area contributed by atoms with Crippen LogP contribution in [0, 0.1) is 19.3 Å². The van der Waals surface area contributed by atoms with Crippen LogP contribution in [0.15, 0.2) is 9.42 Å². The molecule has 1 unspecified atom stereocenters. The van der Waals surface area contributed by atoms with Gasteiger partial charge in [-0.3, -0.25) is 4.79 Å². The molecule has 1 aliphatic heterocycles. The zero-order valence-corrected chi connectivity index (χ0v) is 16.5. The van der Waals surface area contributed by atoms with Crippen molar-refractivity contribution >= 4 is 15.9 Å². The molecule has 2 heterocycles. The third-order valence-corrected chi connectivity index (χ3v) is 7.55. The Morgan fingerprint density at radius 3 is 2.46 bits per heavy atom. The standard InChI is InChI=1S/C17H28N4O4S/c1-12-14(13(2)25-19-12)26(23,24)20-17(6-4-5-7-17)15(22)21-9-8-16(3,10-18)11-21/h20H,4-11,18H2,1-3H3. The molecule has 1 amide bonds. The maximum atomic E-state index is 13.3. The summed E-state index contributed by atoms with van der Waals surface area (Å²) in [6, 6.07) is 0. The van der Waals surface area contributed by atoms with E-state index in [-0.39, 0.29) is 22.0 Å². The number of likely N-dealkylation sites (tertiary alicyclic amines) is 1. The van der Waals surface area contributed by atoms with Gasteiger partial charge in [0.15, 0.2) is 5.76 Å². The number of carbonyl (C=O) groups excluding carboxylic acids is 1. The Morgan fingerprint density at radius 1 is 1.31 bits per heavy atom. The molecule has 9 heteroatoms. The van der Waals surface area contributed by atoms with Crippen LogP contribution < -0.4 is 10.5 Å². The van der Waals surface area contributed by atoms with Gasteiger partial charge in [-0.2, -0.15) is 4.72 Å². The second kappa shape index (κ2) is 6.61. The lowest BCUT2D eigenvalue weighted by Gasteiger charge is -2.33. The minimum absolute atomic E-state index is 0.0322. The van der Waals surface area contributed by atoms with E-state index in [0.717, 1.165) is 19.3 Å². The molecule has 0 aromatic carbocycles. The van der Waals surface area contributed by atoms with E-state index in [9.17, 15) is 13.2 Å². The van der Waals surface area contributed by atoms with Gasteiger partial charge in [0.2, 0.25) is 15.9 Å². The highest BCUT2D eigenvalue weighted by atomic mass is 32.2. The lowest BCUT2D eigenvalue weighted by Crippen LogP contribution is -2.58. The van der Waals surface area contributed by atoms with Crippen LogP contribution in [0.25, 0.3) is 0 Å². The number of aryl methyl sites for hydroxylation is 2. The minimum atomic E-state index is -3.91. The van der Waals surface area contributed by atoms with Gasteiger partial charge in [0.05, 0.1) is 0 Å². The summed E-state index contributed by atoms with van der Waals surface area (Å²) >= 11 is 0. The second-order valence-electron chi connectivity index (χ2n) is 8.04. The smallest absolute Gasteiger partial charge is 0.246 e. The Hall–Kier alpha value is -1.45. The number of hydrogen-bond donors (Lipinski definition) is 2. The van der Waals surface area contributed by atoms with Crippen LogP contribution in [0.2, 0.25) is 0 Å².